The number of carboxylic acid groups (broad SMARTS) is 1. The zero-order valence-electron chi connectivity index (χ0n) is 32.8. The van der Waals surface area contributed by atoms with Gasteiger partial charge in [-0.05, 0) is 65.6 Å². The number of amides is 4. The number of benzene rings is 1. The molecule has 3 heterocycles. The summed E-state index contributed by atoms with van der Waals surface area (Å²) in [5.41, 5.74) is -0.945. The number of rotatable bonds is 13. The van der Waals surface area contributed by atoms with Crippen molar-refractivity contribution in [3.8, 4) is 22.9 Å². The van der Waals surface area contributed by atoms with E-state index in [0.29, 0.717) is 43.4 Å². The number of carbonyl (C=O) groups excluding carboxylic acids is 4. The quantitative estimate of drug-likeness (QED) is 0.141. The van der Waals surface area contributed by atoms with E-state index in [4.69, 9.17) is 19.2 Å². The number of aromatic nitrogens is 2. The Kier molecular flexibility index (Phi) is 12.2. The van der Waals surface area contributed by atoms with Crippen molar-refractivity contribution in [2.75, 3.05) is 19.0 Å². The molecule has 57 heavy (non-hydrogen) atoms. The van der Waals surface area contributed by atoms with Crippen LogP contribution < -0.4 is 25.4 Å². The van der Waals surface area contributed by atoms with Crippen molar-refractivity contribution in [3.63, 3.8) is 0 Å². The summed E-state index contributed by atoms with van der Waals surface area (Å²) in [6.45, 7) is 12.6. The van der Waals surface area contributed by atoms with Gasteiger partial charge >= 0.3 is 12.1 Å². The summed E-state index contributed by atoms with van der Waals surface area (Å²) in [6, 6.07) is 3.01. The third kappa shape index (κ3) is 8.88. The fourth-order valence-electron chi connectivity index (χ4n) is 7.29. The van der Waals surface area contributed by atoms with E-state index >= 15 is 0 Å². The fraction of sp³-hybridized carbons (Fsp3) is 0.525. The molecule has 0 bridgehead atoms. The van der Waals surface area contributed by atoms with E-state index in [0.717, 1.165) is 25.7 Å². The van der Waals surface area contributed by atoms with E-state index in [9.17, 15) is 29.1 Å². The molecule has 2 aromatic heterocycles. The number of nitrogens with zero attached hydrogens (tertiary/aromatic N) is 3. The summed E-state index contributed by atoms with van der Waals surface area (Å²) in [4.78, 5) is 77.5. The number of carbonyl (C=O) groups is 5. The molecule has 306 valence electrons. The van der Waals surface area contributed by atoms with Crippen molar-refractivity contribution >= 4 is 73.1 Å². The first-order chi connectivity index (χ1) is 26.9. The number of nitrogens with one attached hydrogen (secondary N) is 3. The largest absolute Gasteiger partial charge is 0.495 e. The van der Waals surface area contributed by atoms with Crippen LogP contribution in [0.2, 0.25) is 0 Å². The van der Waals surface area contributed by atoms with E-state index in [2.05, 4.69) is 43.4 Å². The lowest BCUT2D eigenvalue weighted by Crippen LogP contribution is -2.59. The third-order valence-corrected chi connectivity index (χ3v) is 12.2. The number of hydrogen-bond donors (Lipinski definition) is 4. The van der Waals surface area contributed by atoms with Crippen LogP contribution in [0.3, 0.4) is 0 Å². The van der Waals surface area contributed by atoms with E-state index in [-0.39, 0.29) is 37.3 Å². The minimum Gasteiger partial charge on any atom is -0.495 e. The van der Waals surface area contributed by atoms with E-state index in [1.807, 2.05) is 0 Å². The van der Waals surface area contributed by atoms with Crippen molar-refractivity contribution in [1.82, 2.24) is 25.5 Å². The predicted octanol–water partition coefficient (Wildman–Crippen LogP) is 6.30. The molecule has 3 aromatic rings. The number of likely N-dealkylation sites (tertiary alicyclic amines) is 1. The van der Waals surface area contributed by atoms with Gasteiger partial charge in [-0.3, -0.25) is 14.4 Å². The number of pyridine rings is 1. The number of hydrogen-bond acceptors (Lipinski definition) is 11. The molecule has 4 N–H and O–H groups in total. The number of carboxylic acids is 1. The Morgan fingerprint density at radius 2 is 1.81 bits per heavy atom. The summed E-state index contributed by atoms with van der Waals surface area (Å²) in [6.07, 6.45) is 3.37. The molecule has 1 saturated heterocycles. The maximum Gasteiger partial charge on any atom is 0.408 e. The predicted molar refractivity (Wildman–Crippen MR) is 217 cm³/mol. The van der Waals surface area contributed by atoms with Gasteiger partial charge < -0.3 is 40.2 Å². The van der Waals surface area contributed by atoms with Gasteiger partial charge in [-0.25, -0.2) is 19.6 Å². The van der Waals surface area contributed by atoms with Crippen molar-refractivity contribution in [2.24, 2.45) is 17.3 Å². The first-order valence-corrected chi connectivity index (χ1v) is 20.7. The number of fused-ring (bicyclic) bond motifs is 1. The minimum atomic E-state index is -1.54. The Bertz CT molecular complexity index is 2080. The summed E-state index contributed by atoms with van der Waals surface area (Å²) < 4.78 is 18.5. The highest BCUT2D eigenvalue weighted by Crippen LogP contribution is 2.45. The van der Waals surface area contributed by atoms with Gasteiger partial charge in [-0.1, -0.05) is 40.7 Å². The normalized spacial score (nSPS) is 22.5. The molecule has 0 radical (unpaired) electrons. The van der Waals surface area contributed by atoms with Gasteiger partial charge in [-0.2, -0.15) is 0 Å². The highest BCUT2D eigenvalue weighted by atomic mass is 79.9. The molecular weight excluding hydrogens is 820 g/mol. The number of thiazole rings is 1. The van der Waals surface area contributed by atoms with Crippen molar-refractivity contribution in [2.45, 2.75) is 103 Å². The Morgan fingerprint density at radius 3 is 2.42 bits per heavy atom. The van der Waals surface area contributed by atoms with Crippen LogP contribution in [0.1, 0.15) is 73.1 Å². The molecule has 6 rings (SSSR count). The molecule has 1 aromatic carbocycles. The minimum absolute atomic E-state index is 0.00791. The molecule has 5 atom stereocenters. The lowest BCUT2D eigenvalue weighted by Gasteiger charge is -2.35. The van der Waals surface area contributed by atoms with Crippen molar-refractivity contribution in [1.29, 1.82) is 0 Å². The number of halogens is 1. The molecule has 3 aliphatic rings. The molecule has 1 aliphatic heterocycles. The van der Waals surface area contributed by atoms with Gasteiger partial charge in [0.1, 0.15) is 47.0 Å². The first kappa shape index (κ1) is 41.9. The molecule has 1 unspecified atom stereocenters. The average molecular weight is 870 g/mol. The average Bonchev–Trinajstić information content (AvgIpc) is 3.57. The SMILES string of the molecule is C=C[C@@H]1C[C@]1(NC(=O)[C@@H]1CC(Oc2cc(-c3csc(NC(=O)C(C)C)n3)nc3c(Br)c(OC)ccc23)CN1C(=O)[C@@H](NC(=O)OC1CCCC1)C(C)(C)C)C(=O)O. The highest BCUT2D eigenvalue weighted by Gasteiger charge is 2.61. The lowest BCUT2D eigenvalue weighted by atomic mass is 9.85. The molecule has 4 amide bonds. The standard InChI is InChI=1S/C40H49BrN6O9S/c1-8-21-17-40(21,36(51)52)46-34(49)27-15-23(18-47(27)35(50)32(39(4,5)6)44-38(53)56-22-11-9-10-12-22)55-29-16-25(26-19-57-37(43-26)45-33(48)20(2)3)42-31-24(29)13-14-28(54-7)30(31)41/h8,13-14,16,19-23,27,32H,1,9-12,15,17-18H2,2-7H3,(H,44,53)(H,46,49)(H,51,52)(H,43,45,48)/t21-,23?,27+,32-,40-/m1/s1. The first-order valence-electron chi connectivity index (χ1n) is 19.0. The highest BCUT2D eigenvalue weighted by molar-refractivity contribution is 9.10. The second-order valence-electron chi connectivity index (χ2n) is 16.2. The maximum atomic E-state index is 14.6. The Labute approximate surface area is 343 Å². The second-order valence-corrected chi connectivity index (χ2v) is 17.9. The molecule has 2 aliphatic carbocycles. The van der Waals surface area contributed by atoms with Gasteiger partial charge in [-0.15, -0.1) is 17.9 Å². The smallest absolute Gasteiger partial charge is 0.408 e. The lowest BCUT2D eigenvalue weighted by molar-refractivity contribution is -0.146. The number of anilines is 1. The molecule has 17 heteroatoms. The van der Waals surface area contributed by atoms with Crippen molar-refractivity contribution < 1.29 is 43.3 Å². The van der Waals surface area contributed by atoms with Gasteiger partial charge in [0.2, 0.25) is 17.7 Å². The topological polar surface area (TPSA) is 198 Å². The zero-order chi connectivity index (χ0) is 41.4. The van der Waals surface area contributed by atoms with Crippen LogP contribution in [0, 0.1) is 17.3 Å². The van der Waals surface area contributed by atoms with Crippen LogP contribution in [0.25, 0.3) is 22.3 Å². The summed E-state index contributed by atoms with van der Waals surface area (Å²) in [5.74, 6) is -2.40. The number of aliphatic carboxylic acids is 1. The summed E-state index contributed by atoms with van der Waals surface area (Å²) >= 11 is 4.87. The maximum absolute atomic E-state index is 14.6. The number of ether oxygens (including phenoxy) is 3. The molecule has 15 nitrogen and oxygen atoms in total. The van der Waals surface area contributed by atoms with Gasteiger partial charge in [0.25, 0.3) is 0 Å². The molecule has 2 saturated carbocycles. The van der Waals surface area contributed by atoms with Gasteiger partial charge in [0.15, 0.2) is 5.13 Å². The zero-order valence-corrected chi connectivity index (χ0v) is 35.3. The van der Waals surface area contributed by atoms with Gasteiger partial charge in [0, 0.05) is 35.1 Å². The fourth-order valence-corrected chi connectivity index (χ4v) is 8.59. The molecule has 3 fully saturated rings. The van der Waals surface area contributed by atoms with E-state index in [1.54, 1.807) is 58.2 Å². The van der Waals surface area contributed by atoms with Crippen LogP contribution in [-0.2, 0) is 23.9 Å². The summed E-state index contributed by atoms with van der Waals surface area (Å²) in [7, 11) is 1.54. The van der Waals surface area contributed by atoms with E-state index in [1.165, 1.54) is 29.4 Å². The van der Waals surface area contributed by atoms with Gasteiger partial charge in [0.05, 0.1) is 29.3 Å². The Balaban J connectivity index is 1.34. The van der Waals surface area contributed by atoms with Crippen LogP contribution in [-0.4, -0.2) is 93.2 Å². The van der Waals surface area contributed by atoms with Crippen LogP contribution in [0.5, 0.6) is 11.5 Å². The Hall–Kier alpha value is -4.77. The summed E-state index contributed by atoms with van der Waals surface area (Å²) in [5, 5.41) is 21.2. The van der Waals surface area contributed by atoms with Crippen LogP contribution >= 0.6 is 27.3 Å². The van der Waals surface area contributed by atoms with Crippen LogP contribution in [0.15, 0.2) is 40.7 Å². The monoisotopic (exact) mass is 868 g/mol. The number of methoxy groups -OCH3 is 1. The molecular formula is C40H49BrN6O9S. The van der Waals surface area contributed by atoms with E-state index < -0.39 is 58.9 Å². The van der Waals surface area contributed by atoms with Crippen molar-refractivity contribution in [3.05, 3.63) is 40.7 Å². The third-order valence-electron chi connectivity index (χ3n) is 10.7. The Morgan fingerprint density at radius 1 is 1.09 bits per heavy atom. The molecule has 0 spiro atoms. The van der Waals surface area contributed by atoms with Crippen LogP contribution in [0.4, 0.5) is 9.93 Å². The second kappa shape index (κ2) is 16.6. The number of alkyl carbamates (subject to hydrolysis) is 1.